The van der Waals surface area contributed by atoms with Crippen molar-refractivity contribution in [2.45, 2.75) is 12.6 Å². The van der Waals surface area contributed by atoms with Crippen LogP contribution in [0.15, 0.2) is 35.7 Å². The van der Waals surface area contributed by atoms with E-state index in [1.165, 1.54) is 23.5 Å². The van der Waals surface area contributed by atoms with Crippen LogP contribution < -0.4 is 5.32 Å². The minimum absolute atomic E-state index is 0.0643. The van der Waals surface area contributed by atoms with Crippen LogP contribution in [0.4, 0.5) is 4.39 Å². The number of hydrogen-bond donors (Lipinski definition) is 1. The molecule has 1 aliphatic rings. The molecule has 0 spiro atoms. The lowest BCUT2D eigenvalue weighted by Gasteiger charge is -2.34. The van der Waals surface area contributed by atoms with Crippen molar-refractivity contribution in [3.8, 4) is 6.07 Å². The maximum absolute atomic E-state index is 14.0. The van der Waals surface area contributed by atoms with Crippen molar-refractivity contribution in [2.24, 2.45) is 0 Å². The van der Waals surface area contributed by atoms with Crippen LogP contribution in [-0.2, 0) is 11.3 Å². The molecule has 0 unspecified atom stereocenters. The zero-order chi connectivity index (χ0) is 15.5. The van der Waals surface area contributed by atoms with E-state index in [1.54, 1.807) is 6.07 Å². The average Bonchev–Trinajstić information content (AvgIpc) is 3.03. The van der Waals surface area contributed by atoms with Crippen molar-refractivity contribution in [2.75, 3.05) is 13.1 Å². The Morgan fingerprint density at radius 3 is 3.05 bits per heavy atom. The molecule has 1 amide bonds. The summed E-state index contributed by atoms with van der Waals surface area (Å²) in [6, 6.07) is 9.73. The van der Waals surface area contributed by atoms with Gasteiger partial charge in [0.25, 0.3) is 0 Å². The van der Waals surface area contributed by atoms with Gasteiger partial charge in [-0.05, 0) is 29.6 Å². The zero-order valence-electron chi connectivity index (χ0n) is 11.8. The highest BCUT2D eigenvalue weighted by Crippen LogP contribution is 2.29. The van der Waals surface area contributed by atoms with Crippen LogP contribution in [0.1, 0.15) is 22.0 Å². The van der Waals surface area contributed by atoms with Crippen LogP contribution in [-0.4, -0.2) is 23.9 Å². The number of amides is 1. The lowest BCUT2D eigenvalue weighted by molar-refractivity contribution is -0.129. The van der Waals surface area contributed by atoms with E-state index in [2.05, 4.69) is 5.32 Å². The minimum Gasteiger partial charge on any atom is -0.353 e. The third-order valence-corrected chi connectivity index (χ3v) is 4.60. The molecule has 0 aliphatic carbocycles. The van der Waals surface area contributed by atoms with Crippen molar-refractivity contribution in [3.05, 3.63) is 57.5 Å². The molecule has 1 N–H and O–H groups in total. The van der Waals surface area contributed by atoms with E-state index in [9.17, 15) is 9.18 Å². The first-order valence-corrected chi connectivity index (χ1v) is 7.80. The number of nitrogens with one attached hydrogen (secondary N) is 1. The van der Waals surface area contributed by atoms with Crippen LogP contribution in [0.2, 0.25) is 0 Å². The maximum Gasteiger partial charge on any atom is 0.242 e. The van der Waals surface area contributed by atoms with E-state index in [0.717, 1.165) is 4.88 Å². The maximum atomic E-state index is 14.0. The van der Waals surface area contributed by atoms with Crippen molar-refractivity contribution in [3.63, 3.8) is 0 Å². The van der Waals surface area contributed by atoms with Gasteiger partial charge in [-0.1, -0.05) is 6.07 Å². The van der Waals surface area contributed by atoms with Crippen LogP contribution >= 0.6 is 11.3 Å². The fourth-order valence-corrected chi connectivity index (χ4v) is 3.48. The number of benzene rings is 1. The quantitative estimate of drug-likeness (QED) is 0.946. The summed E-state index contributed by atoms with van der Waals surface area (Å²) < 4.78 is 14.0. The summed E-state index contributed by atoms with van der Waals surface area (Å²) in [7, 11) is 0. The summed E-state index contributed by atoms with van der Waals surface area (Å²) in [5.74, 6) is -0.416. The lowest BCUT2D eigenvalue weighted by Crippen LogP contribution is -2.49. The summed E-state index contributed by atoms with van der Waals surface area (Å²) >= 11 is 1.51. The Labute approximate surface area is 131 Å². The number of halogens is 1. The first-order valence-electron chi connectivity index (χ1n) is 6.93. The molecule has 2 aromatic rings. The third kappa shape index (κ3) is 2.86. The molecule has 4 nitrogen and oxygen atoms in total. The molecule has 1 aliphatic heterocycles. The van der Waals surface area contributed by atoms with Crippen molar-refractivity contribution < 1.29 is 9.18 Å². The summed E-state index contributed by atoms with van der Waals surface area (Å²) in [6.07, 6.45) is 0. The van der Waals surface area contributed by atoms with Gasteiger partial charge in [-0.2, -0.15) is 5.26 Å². The molecule has 3 rings (SSSR count). The standard InChI is InChI=1S/C16H14FN3OS/c17-13-4-3-11(9-18)8-12(13)10-20-6-5-19-16(21)15(20)14-2-1-7-22-14/h1-4,7-8,15H,5-6,10H2,(H,19,21)/t15-/m1/s1. The highest BCUT2D eigenvalue weighted by atomic mass is 32.1. The average molecular weight is 315 g/mol. The Hall–Kier alpha value is -2.23. The van der Waals surface area contributed by atoms with Crippen LogP contribution in [0, 0.1) is 17.1 Å². The fraction of sp³-hybridized carbons (Fsp3) is 0.250. The second-order valence-corrected chi connectivity index (χ2v) is 6.08. The molecular weight excluding hydrogens is 301 g/mol. The number of thiophene rings is 1. The van der Waals surface area contributed by atoms with Crippen LogP contribution in [0.5, 0.6) is 0 Å². The molecule has 22 heavy (non-hydrogen) atoms. The smallest absolute Gasteiger partial charge is 0.242 e. The first-order chi connectivity index (χ1) is 10.7. The molecule has 0 radical (unpaired) electrons. The van der Waals surface area contributed by atoms with Gasteiger partial charge in [-0.25, -0.2) is 4.39 Å². The van der Waals surface area contributed by atoms with Crippen LogP contribution in [0.25, 0.3) is 0 Å². The van der Waals surface area contributed by atoms with E-state index >= 15 is 0 Å². The Bertz CT molecular complexity index is 723. The number of hydrogen-bond acceptors (Lipinski definition) is 4. The molecule has 112 valence electrons. The molecule has 1 atom stereocenters. The van der Waals surface area contributed by atoms with Gasteiger partial charge in [0.1, 0.15) is 11.9 Å². The molecule has 0 saturated carbocycles. The monoisotopic (exact) mass is 315 g/mol. The van der Waals surface area contributed by atoms with Gasteiger partial charge in [0.2, 0.25) is 5.91 Å². The van der Waals surface area contributed by atoms with E-state index < -0.39 is 6.04 Å². The number of carbonyl (C=O) groups excluding carboxylic acids is 1. The van der Waals surface area contributed by atoms with Crippen LogP contribution in [0.3, 0.4) is 0 Å². The van der Waals surface area contributed by atoms with Crippen molar-refractivity contribution >= 4 is 17.2 Å². The topological polar surface area (TPSA) is 56.1 Å². The molecular formula is C16H14FN3OS. The van der Waals surface area contributed by atoms with Crippen molar-refractivity contribution in [1.29, 1.82) is 5.26 Å². The van der Waals surface area contributed by atoms with Gasteiger partial charge in [0.05, 0.1) is 11.6 Å². The van der Waals surface area contributed by atoms with Gasteiger partial charge in [-0.3, -0.25) is 9.69 Å². The molecule has 1 fully saturated rings. The number of piperazine rings is 1. The predicted molar refractivity (Wildman–Crippen MR) is 81.6 cm³/mol. The summed E-state index contributed by atoms with van der Waals surface area (Å²) in [4.78, 5) is 15.1. The third-order valence-electron chi connectivity index (χ3n) is 3.67. The molecule has 6 heteroatoms. The van der Waals surface area contributed by atoms with Crippen molar-refractivity contribution in [1.82, 2.24) is 10.2 Å². The molecule has 0 bridgehead atoms. The zero-order valence-corrected chi connectivity index (χ0v) is 12.6. The molecule has 1 aromatic heterocycles. The van der Waals surface area contributed by atoms with Gasteiger partial charge >= 0.3 is 0 Å². The van der Waals surface area contributed by atoms with E-state index in [4.69, 9.17) is 5.26 Å². The molecule has 2 heterocycles. The minimum atomic E-state index is -0.404. The van der Waals surface area contributed by atoms with E-state index in [0.29, 0.717) is 30.8 Å². The number of carbonyl (C=O) groups is 1. The van der Waals surface area contributed by atoms with Gasteiger partial charge < -0.3 is 5.32 Å². The second kappa shape index (κ2) is 6.26. The Morgan fingerprint density at radius 1 is 1.45 bits per heavy atom. The predicted octanol–water partition coefficient (Wildman–Crippen LogP) is 2.43. The van der Waals surface area contributed by atoms with Gasteiger partial charge in [0, 0.05) is 30.1 Å². The number of rotatable bonds is 3. The molecule has 1 aromatic carbocycles. The lowest BCUT2D eigenvalue weighted by atomic mass is 10.1. The normalized spacial score (nSPS) is 18.7. The summed E-state index contributed by atoms with van der Waals surface area (Å²) in [5, 5.41) is 13.7. The first kappa shape index (κ1) is 14.7. The highest BCUT2D eigenvalue weighted by molar-refractivity contribution is 7.10. The molecule has 1 saturated heterocycles. The number of nitriles is 1. The number of nitrogens with zero attached hydrogens (tertiary/aromatic N) is 2. The largest absolute Gasteiger partial charge is 0.353 e. The van der Waals surface area contributed by atoms with E-state index in [1.807, 2.05) is 28.5 Å². The fourth-order valence-electron chi connectivity index (χ4n) is 2.62. The Balaban J connectivity index is 1.89. The SMILES string of the molecule is N#Cc1ccc(F)c(CN2CCNC(=O)[C@H]2c2cccs2)c1. The summed E-state index contributed by atoms with van der Waals surface area (Å²) in [6.45, 7) is 1.49. The Kier molecular flexibility index (Phi) is 4.18. The second-order valence-electron chi connectivity index (χ2n) is 5.10. The van der Waals surface area contributed by atoms with Gasteiger partial charge in [0.15, 0.2) is 0 Å². The Morgan fingerprint density at radius 2 is 2.32 bits per heavy atom. The summed E-state index contributed by atoms with van der Waals surface area (Å²) in [5.41, 5.74) is 0.862. The van der Waals surface area contributed by atoms with E-state index in [-0.39, 0.29) is 11.7 Å². The van der Waals surface area contributed by atoms with Gasteiger partial charge in [-0.15, -0.1) is 11.3 Å². The highest BCUT2D eigenvalue weighted by Gasteiger charge is 2.32.